The molecule has 0 atom stereocenters. The van der Waals surface area contributed by atoms with E-state index in [9.17, 15) is 9.59 Å². The van der Waals surface area contributed by atoms with Gasteiger partial charge in [-0.1, -0.05) is 23.7 Å². The first kappa shape index (κ1) is 14.0. The molecule has 6 heteroatoms. The molecule has 2 N–H and O–H groups in total. The zero-order valence-corrected chi connectivity index (χ0v) is 11.4. The summed E-state index contributed by atoms with van der Waals surface area (Å²) >= 11 is 5.88. The van der Waals surface area contributed by atoms with Crippen LogP contribution >= 0.6 is 11.6 Å². The highest BCUT2D eigenvalue weighted by Crippen LogP contribution is 2.21. The second kappa shape index (κ2) is 6.16. The van der Waals surface area contributed by atoms with Crippen molar-refractivity contribution in [2.24, 2.45) is 0 Å². The lowest BCUT2D eigenvalue weighted by Gasteiger charge is -2.10. The quantitative estimate of drug-likeness (QED) is 0.853. The summed E-state index contributed by atoms with van der Waals surface area (Å²) < 4.78 is 0. The molecule has 0 aliphatic carbocycles. The first-order valence-electron chi connectivity index (χ1n) is 5.86. The van der Waals surface area contributed by atoms with Crippen molar-refractivity contribution in [3.63, 3.8) is 0 Å². The lowest BCUT2D eigenvalue weighted by Crippen LogP contribution is -2.16. The molecule has 5 nitrogen and oxygen atoms in total. The molecular formula is C14H12ClN3O2. The zero-order chi connectivity index (χ0) is 14.5. The molecule has 0 saturated carbocycles. The Morgan fingerprint density at radius 3 is 2.45 bits per heavy atom. The monoisotopic (exact) mass is 289 g/mol. The molecule has 0 spiro atoms. The maximum absolute atomic E-state index is 12.2. The fraction of sp³-hybridized carbons (Fsp3) is 0.0714. The molecule has 1 aromatic heterocycles. The number of halogens is 1. The van der Waals surface area contributed by atoms with Gasteiger partial charge in [0.15, 0.2) is 5.15 Å². The minimum atomic E-state index is -0.371. The topological polar surface area (TPSA) is 71.1 Å². The standard InChI is InChI=1S/C14H12ClN3O2/c1-9(19)17-11-6-3-2-5-10(11)14(20)18-12-7-4-8-16-13(12)15/h2-8H,1H3,(H,17,19)(H,18,20). The van der Waals surface area contributed by atoms with Gasteiger partial charge in [0.2, 0.25) is 5.91 Å². The minimum Gasteiger partial charge on any atom is -0.326 e. The average molecular weight is 290 g/mol. The van der Waals surface area contributed by atoms with E-state index in [4.69, 9.17) is 11.6 Å². The van der Waals surface area contributed by atoms with Crippen LogP contribution in [0.5, 0.6) is 0 Å². The van der Waals surface area contributed by atoms with E-state index in [2.05, 4.69) is 15.6 Å². The van der Waals surface area contributed by atoms with E-state index in [1.165, 1.54) is 13.1 Å². The van der Waals surface area contributed by atoms with Crippen LogP contribution in [0.15, 0.2) is 42.6 Å². The molecule has 2 rings (SSSR count). The maximum Gasteiger partial charge on any atom is 0.257 e. The van der Waals surface area contributed by atoms with Crippen molar-refractivity contribution in [2.75, 3.05) is 10.6 Å². The third-order valence-corrected chi connectivity index (χ3v) is 2.79. The molecule has 0 unspecified atom stereocenters. The number of carbonyl (C=O) groups excluding carboxylic acids is 2. The summed E-state index contributed by atoms with van der Waals surface area (Å²) in [5, 5.41) is 5.47. The number of anilines is 2. The highest BCUT2D eigenvalue weighted by atomic mass is 35.5. The first-order chi connectivity index (χ1) is 9.58. The Labute approximate surface area is 121 Å². The largest absolute Gasteiger partial charge is 0.326 e. The number of pyridine rings is 1. The molecule has 1 heterocycles. The molecule has 0 aliphatic heterocycles. The van der Waals surface area contributed by atoms with Crippen molar-refractivity contribution >= 4 is 34.8 Å². The zero-order valence-electron chi connectivity index (χ0n) is 10.7. The molecular weight excluding hydrogens is 278 g/mol. The van der Waals surface area contributed by atoms with Gasteiger partial charge in [0.05, 0.1) is 16.9 Å². The van der Waals surface area contributed by atoms with Crippen LogP contribution in [0.1, 0.15) is 17.3 Å². The van der Waals surface area contributed by atoms with Gasteiger partial charge in [-0.25, -0.2) is 4.98 Å². The average Bonchev–Trinajstić information content (AvgIpc) is 2.41. The summed E-state index contributed by atoms with van der Waals surface area (Å²) in [4.78, 5) is 27.2. The van der Waals surface area contributed by atoms with Crippen molar-refractivity contribution in [1.29, 1.82) is 0 Å². The van der Waals surface area contributed by atoms with E-state index >= 15 is 0 Å². The van der Waals surface area contributed by atoms with E-state index in [0.29, 0.717) is 16.9 Å². The van der Waals surface area contributed by atoms with E-state index in [0.717, 1.165) is 0 Å². The number of hydrogen-bond donors (Lipinski definition) is 2. The number of rotatable bonds is 3. The Morgan fingerprint density at radius 2 is 1.75 bits per heavy atom. The Hall–Kier alpha value is -2.40. The summed E-state index contributed by atoms with van der Waals surface area (Å²) in [7, 11) is 0. The number of carbonyl (C=O) groups is 2. The number of hydrogen-bond acceptors (Lipinski definition) is 3. The van der Waals surface area contributed by atoms with E-state index in [-0.39, 0.29) is 17.0 Å². The van der Waals surface area contributed by atoms with Gasteiger partial charge in [0.1, 0.15) is 0 Å². The van der Waals surface area contributed by atoms with E-state index < -0.39 is 0 Å². The first-order valence-corrected chi connectivity index (χ1v) is 6.24. The Morgan fingerprint density at radius 1 is 1.05 bits per heavy atom. The fourth-order valence-corrected chi connectivity index (χ4v) is 1.82. The summed E-state index contributed by atoms with van der Waals surface area (Å²) in [5.74, 6) is -0.617. The number of benzene rings is 1. The van der Waals surface area contributed by atoms with E-state index in [1.54, 1.807) is 36.4 Å². The summed E-state index contributed by atoms with van der Waals surface area (Å²) in [6, 6.07) is 10.0. The van der Waals surface area contributed by atoms with Crippen LogP contribution < -0.4 is 10.6 Å². The van der Waals surface area contributed by atoms with Crippen LogP contribution in [0.3, 0.4) is 0 Å². The lowest BCUT2D eigenvalue weighted by atomic mass is 10.1. The van der Waals surface area contributed by atoms with Gasteiger partial charge in [0.25, 0.3) is 5.91 Å². The van der Waals surface area contributed by atoms with Crippen molar-refractivity contribution < 1.29 is 9.59 Å². The van der Waals surface area contributed by atoms with Crippen molar-refractivity contribution in [3.8, 4) is 0 Å². The van der Waals surface area contributed by atoms with Crippen LogP contribution in [0.2, 0.25) is 5.15 Å². The molecule has 2 amide bonds. The second-order valence-corrected chi connectivity index (χ2v) is 4.38. The third-order valence-electron chi connectivity index (χ3n) is 2.49. The van der Waals surface area contributed by atoms with E-state index in [1.807, 2.05) is 0 Å². The number of aromatic nitrogens is 1. The third kappa shape index (κ3) is 3.33. The van der Waals surface area contributed by atoms with Gasteiger partial charge in [-0.2, -0.15) is 0 Å². The molecule has 2 aromatic rings. The number of para-hydroxylation sites is 1. The molecule has 1 aromatic carbocycles. The Kier molecular flexibility index (Phi) is 4.32. The number of nitrogens with zero attached hydrogens (tertiary/aromatic N) is 1. The molecule has 102 valence electrons. The van der Waals surface area contributed by atoms with Crippen LogP contribution in [-0.2, 0) is 4.79 Å². The van der Waals surface area contributed by atoms with Crippen molar-refractivity contribution in [3.05, 3.63) is 53.3 Å². The van der Waals surface area contributed by atoms with Crippen LogP contribution in [0.25, 0.3) is 0 Å². The molecule has 0 fully saturated rings. The second-order valence-electron chi connectivity index (χ2n) is 4.02. The predicted octanol–water partition coefficient (Wildman–Crippen LogP) is 2.95. The summed E-state index contributed by atoms with van der Waals surface area (Å²) in [5.41, 5.74) is 1.21. The smallest absolute Gasteiger partial charge is 0.257 e. The molecule has 0 saturated heterocycles. The predicted molar refractivity (Wildman–Crippen MR) is 77.9 cm³/mol. The fourth-order valence-electron chi connectivity index (χ4n) is 1.65. The Bertz CT molecular complexity index is 658. The van der Waals surface area contributed by atoms with Gasteiger partial charge in [-0.3, -0.25) is 9.59 Å². The SMILES string of the molecule is CC(=O)Nc1ccccc1C(=O)Nc1cccnc1Cl. The van der Waals surface area contributed by atoms with Crippen LogP contribution in [0.4, 0.5) is 11.4 Å². The van der Waals surface area contributed by atoms with Crippen molar-refractivity contribution in [1.82, 2.24) is 4.98 Å². The lowest BCUT2D eigenvalue weighted by molar-refractivity contribution is -0.114. The molecule has 0 radical (unpaired) electrons. The highest BCUT2D eigenvalue weighted by Gasteiger charge is 2.13. The Balaban J connectivity index is 2.26. The van der Waals surface area contributed by atoms with Gasteiger partial charge in [-0.05, 0) is 24.3 Å². The maximum atomic E-state index is 12.2. The van der Waals surface area contributed by atoms with Crippen molar-refractivity contribution in [2.45, 2.75) is 6.92 Å². The highest BCUT2D eigenvalue weighted by molar-refractivity contribution is 6.32. The molecule has 0 aliphatic rings. The number of amides is 2. The number of nitrogens with one attached hydrogen (secondary N) is 2. The molecule has 0 bridgehead atoms. The minimum absolute atomic E-state index is 0.206. The van der Waals surface area contributed by atoms with Crippen LogP contribution in [-0.4, -0.2) is 16.8 Å². The summed E-state index contributed by atoms with van der Waals surface area (Å²) in [6.07, 6.45) is 1.53. The van der Waals surface area contributed by atoms with Gasteiger partial charge in [-0.15, -0.1) is 0 Å². The summed E-state index contributed by atoms with van der Waals surface area (Å²) in [6.45, 7) is 1.38. The van der Waals surface area contributed by atoms with Gasteiger partial charge in [0, 0.05) is 13.1 Å². The van der Waals surface area contributed by atoms with Crippen LogP contribution in [0, 0.1) is 0 Å². The normalized spacial score (nSPS) is 9.90. The molecule has 20 heavy (non-hydrogen) atoms. The van der Waals surface area contributed by atoms with Gasteiger partial charge < -0.3 is 10.6 Å². The van der Waals surface area contributed by atoms with Gasteiger partial charge >= 0.3 is 0 Å².